The maximum absolute atomic E-state index is 8.43. The second-order valence-corrected chi connectivity index (χ2v) is 4.37. The first-order valence-electron chi connectivity index (χ1n) is 5.18. The Morgan fingerprint density at radius 3 is 3.12 bits per heavy atom. The van der Waals surface area contributed by atoms with Crippen LogP contribution in [-0.4, -0.2) is 34.9 Å². The lowest BCUT2D eigenvalue weighted by atomic mass is 10.5. The number of thioether (sulfide) groups is 1. The maximum Gasteiger partial charge on any atom is 0.204 e. The van der Waals surface area contributed by atoms with Crippen molar-refractivity contribution in [3.05, 3.63) is 18.2 Å². The third kappa shape index (κ3) is 4.78. The molecule has 0 aliphatic rings. The van der Waals surface area contributed by atoms with Crippen LogP contribution in [0.3, 0.4) is 0 Å². The van der Waals surface area contributed by atoms with E-state index in [0.717, 1.165) is 11.5 Å². The highest BCUT2D eigenvalue weighted by molar-refractivity contribution is 7.98. The highest BCUT2D eigenvalue weighted by Crippen LogP contribution is 2.10. The van der Waals surface area contributed by atoms with Crippen LogP contribution in [0.5, 0.6) is 0 Å². The van der Waals surface area contributed by atoms with Gasteiger partial charge in [-0.25, -0.2) is 4.98 Å². The molecular weight excluding hydrogens is 236 g/mol. The van der Waals surface area contributed by atoms with Gasteiger partial charge in [-0.05, 0) is 0 Å². The average Bonchev–Trinajstić information content (AvgIpc) is 2.73. The van der Waals surface area contributed by atoms with Crippen molar-refractivity contribution in [2.75, 3.05) is 19.3 Å². The molecule has 0 aliphatic heterocycles. The monoisotopic (exact) mass is 252 g/mol. The number of aliphatic imine (C=N–C) groups is 1. The van der Waals surface area contributed by atoms with Crippen molar-refractivity contribution in [2.24, 2.45) is 12.0 Å². The Bertz CT molecular complexity index is 405. The van der Waals surface area contributed by atoms with E-state index >= 15 is 0 Å². The quantitative estimate of drug-likeness (QED) is 0.259. The van der Waals surface area contributed by atoms with Crippen molar-refractivity contribution >= 4 is 17.7 Å². The number of nitrogens with zero attached hydrogens (tertiary/aromatic N) is 4. The summed E-state index contributed by atoms with van der Waals surface area (Å²) in [5.74, 6) is 2.34. The number of rotatable bonds is 5. The molecule has 0 saturated carbocycles. The van der Waals surface area contributed by atoms with E-state index in [1.54, 1.807) is 25.1 Å². The summed E-state index contributed by atoms with van der Waals surface area (Å²) in [5.41, 5.74) is 1.20. The zero-order valence-electron chi connectivity index (χ0n) is 9.97. The minimum Gasteiger partial charge on any atom is -0.359 e. The van der Waals surface area contributed by atoms with Crippen LogP contribution >= 0.6 is 11.8 Å². The molecule has 0 amide bonds. The molecule has 2 N–H and O–H groups in total. The number of guanidine groups is 1. The number of imidazole rings is 1. The molecule has 0 fully saturated rings. The van der Waals surface area contributed by atoms with Crippen molar-refractivity contribution in [3.8, 4) is 6.19 Å². The number of nitriles is 1. The molecule has 0 bridgehead atoms. The number of nitrogens with one attached hydrogen (secondary N) is 2. The fraction of sp³-hybridized carbons (Fsp3) is 0.500. The summed E-state index contributed by atoms with van der Waals surface area (Å²) in [6.07, 6.45) is 5.49. The fourth-order valence-corrected chi connectivity index (χ4v) is 2.01. The summed E-state index contributed by atoms with van der Waals surface area (Å²) in [5, 5.41) is 13.7. The van der Waals surface area contributed by atoms with Gasteiger partial charge in [0.15, 0.2) is 6.19 Å². The summed E-state index contributed by atoms with van der Waals surface area (Å²) in [6, 6.07) is 0. The van der Waals surface area contributed by atoms with Gasteiger partial charge >= 0.3 is 0 Å². The number of aryl methyl sites for hydroxylation is 1. The highest BCUT2D eigenvalue weighted by Gasteiger charge is 1.98. The maximum atomic E-state index is 8.43. The Hall–Kier alpha value is -1.68. The van der Waals surface area contributed by atoms with Crippen molar-refractivity contribution in [1.82, 2.24) is 20.2 Å². The minimum absolute atomic E-state index is 0.508. The Morgan fingerprint density at radius 2 is 2.53 bits per heavy atom. The molecule has 92 valence electrons. The zero-order valence-corrected chi connectivity index (χ0v) is 10.8. The lowest BCUT2D eigenvalue weighted by molar-refractivity contribution is 0.867. The molecule has 6 nitrogen and oxygen atoms in total. The Balaban J connectivity index is 2.20. The average molecular weight is 252 g/mol. The summed E-state index contributed by atoms with van der Waals surface area (Å²) >= 11 is 1.79. The van der Waals surface area contributed by atoms with Gasteiger partial charge in [0.05, 0.1) is 12.9 Å². The lowest BCUT2D eigenvalue weighted by Crippen LogP contribution is -2.31. The van der Waals surface area contributed by atoms with Gasteiger partial charge in [-0.15, -0.1) is 0 Å². The second-order valence-electron chi connectivity index (χ2n) is 3.27. The van der Waals surface area contributed by atoms with Crippen LogP contribution in [0.2, 0.25) is 0 Å². The standard InChI is InChI=1S/C10H16N6S/c1-12-10(15-7-11)14-3-4-17-6-9-5-13-8-16(9)2/h5,8H,3-4,6H2,1-2H3,(H2,12,14,15). The van der Waals surface area contributed by atoms with Gasteiger partial charge in [-0.1, -0.05) is 0 Å². The normalized spacial score (nSPS) is 11.0. The SMILES string of the molecule is CN/C(=N/CCSCc1cncn1C)NC#N. The van der Waals surface area contributed by atoms with E-state index in [0.29, 0.717) is 12.5 Å². The smallest absolute Gasteiger partial charge is 0.204 e. The zero-order chi connectivity index (χ0) is 12.5. The van der Waals surface area contributed by atoms with E-state index in [1.165, 1.54) is 5.69 Å². The first-order chi connectivity index (χ1) is 8.27. The van der Waals surface area contributed by atoms with E-state index in [2.05, 4.69) is 20.6 Å². The third-order valence-electron chi connectivity index (χ3n) is 2.08. The predicted molar refractivity (Wildman–Crippen MR) is 69.5 cm³/mol. The Labute approximate surface area is 105 Å². The summed E-state index contributed by atoms with van der Waals surface area (Å²) in [7, 11) is 3.71. The molecule has 0 saturated heterocycles. The van der Waals surface area contributed by atoms with Gasteiger partial charge in [-0.2, -0.15) is 17.0 Å². The number of hydrogen-bond donors (Lipinski definition) is 2. The summed E-state index contributed by atoms with van der Waals surface area (Å²) < 4.78 is 2.01. The Morgan fingerprint density at radius 1 is 1.71 bits per heavy atom. The molecule has 1 heterocycles. The minimum atomic E-state index is 0.508. The van der Waals surface area contributed by atoms with Crippen molar-refractivity contribution in [2.45, 2.75) is 5.75 Å². The van der Waals surface area contributed by atoms with Gasteiger partial charge < -0.3 is 9.88 Å². The van der Waals surface area contributed by atoms with E-state index in [4.69, 9.17) is 5.26 Å². The first kappa shape index (κ1) is 13.4. The first-order valence-corrected chi connectivity index (χ1v) is 6.33. The van der Waals surface area contributed by atoms with Crippen molar-refractivity contribution in [3.63, 3.8) is 0 Å². The molecule has 0 spiro atoms. The van der Waals surface area contributed by atoms with Gasteiger partial charge in [0, 0.05) is 37.5 Å². The molecule has 0 aliphatic carbocycles. The van der Waals surface area contributed by atoms with E-state index < -0.39 is 0 Å². The van der Waals surface area contributed by atoms with Crippen LogP contribution in [0, 0.1) is 11.5 Å². The molecule has 0 unspecified atom stereocenters. The topological polar surface area (TPSA) is 78.0 Å². The van der Waals surface area contributed by atoms with Crippen LogP contribution in [0.1, 0.15) is 5.69 Å². The van der Waals surface area contributed by atoms with Crippen molar-refractivity contribution < 1.29 is 0 Å². The summed E-state index contributed by atoms with van der Waals surface area (Å²) in [6.45, 7) is 0.674. The summed E-state index contributed by atoms with van der Waals surface area (Å²) in [4.78, 5) is 8.25. The lowest BCUT2D eigenvalue weighted by Gasteiger charge is -2.03. The highest BCUT2D eigenvalue weighted by atomic mass is 32.2. The molecule has 1 rings (SSSR count). The predicted octanol–water partition coefficient (Wildman–Crippen LogP) is 0.299. The number of aromatic nitrogens is 2. The molecule has 17 heavy (non-hydrogen) atoms. The second kappa shape index (κ2) is 7.57. The van der Waals surface area contributed by atoms with Gasteiger partial charge in [-0.3, -0.25) is 10.3 Å². The molecular formula is C10H16N6S. The van der Waals surface area contributed by atoms with Crippen LogP contribution in [0.15, 0.2) is 17.5 Å². The van der Waals surface area contributed by atoms with Gasteiger partial charge in [0.25, 0.3) is 0 Å². The van der Waals surface area contributed by atoms with E-state index in [1.807, 2.05) is 24.0 Å². The Kier molecular flexibility index (Phi) is 5.96. The van der Waals surface area contributed by atoms with Gasteiger partial charge in [0.2, 0.25) is 5.96 Å². The van der Waals surface area contributed by atoms with Crippen molar-refractivity contribution in [1.29, 1.82) is 5.26 Å². The van der Waals surface area contributed by atoms with Crippen LogP contribution in [0.4, 0.5) is 0 Å². The van der Waals surface area contributed by atoms with Crippen LogP contribution in [0.25, 0.3) is 0 Å². The van der Waals surface area contributed by atoms with E-state index in [-0.39, 0.29) is 0 Å². The largest absolute Gasteiger partial charge is 0.359 e. The molecule has 1 aromatic heterocycles. The van der Waals surface area contributed by atoms with Crippen LogP contribution < -0.4 is 10.6 Å². The molecule has 1 aromatic rings. The molecule has 0 aromatic carbocycles. The fourth-order valence-electron chi connectivity index (χ4n) is 1.16. The molecule has 7 heteroatoms. The number of hydrogen-bond acceptors (Lipinski definition) is 4. The van der Waals surface area contributed by atoms with Gasteiger partial charge in [0.1, 0.15) is 0 Å². The third-order valence-corrected chi connectivity index (χ3v) is 3.05. The van der Waals surface area contributed by atoms with Crippen LogP contribution in [-0.2, 0) is 12.8 Å². The molecule has 0 atom stereocenters. The molecule has 0 radical (unpaired) electrons. The van der Waals surface area contributed by atoms with E-state index in [9.17, 15) is 0 Å².